The molecule has 0 aliphatic rings. The summed E-state index contributed by atoms with van der Waals surface area (Å²) in [5, 5.41) is 7.26. The van der Waals surface area contributed by atoms with Crippen molar-refractivity contribution in [1.29, 1.82) is 0 Å². The fourth-order valence-electron chi connectivity index (χ4n) is 7.35. The number of rotatable bonds is 4. The predicted molar refractivity (Wildman–Crippen MR) is 199 cm³/mol. The quantitative estimate of drug-likeness (QED) is 0.198. The van der Waals surface area contributed by atoms with Crippen LogP contribution in [0, 0.1) is 0 Å². The van der Waals surface area contributed by atoms with Crippen LogP contribution in [0.4, 0.5) is 0 Å². The zero-order chi connectivity index (χ0) is 31.6. The summed E-state index contributed by atoms with van der Waals surface area (Å²) in [6, 6.07) is 60.1. The van der Waals surface area contributed by atoms with Gasteiger partial charge in [-0.25, -0.2) is 9.97 Å². The molecule has 0 radical (unpaired) electrons. The molecule has 0 unspecified atom stereocenters. The molecule has 0 saturated carbocycles. The highest BCUT2D eigenvalue weighted by atomic mass is 15.2. The Hall–Kier alpha value is -6.52. The number of nitrogens with zero attached hydrogens (tertiary/aromatic N) is 4. The monoisotopic (exact) mass is 612 g/mol. The molecule has 3 heterocycles. The van der Waals surface area contributed by atoms with Crippen LogP contribution in [-0.2, 0) is 0 Å². The van der Waals surface area contributed by atoms with Gasteiger partial charge in [0.2, 0.25) is 5.95 Å². The Kier molecular flexibility index (Phi) is 5.84. The summed E-state index contributed by atoms with van der Waals surface area (Å²) in [6.45, 7) is 0. The fourth-order valence-corrected chi connectivity index (χ4v) is 7.35. The van der Waals surface area contributed by atoms with Crippen LogP contribution < -0.4 is 0 Å². The average molecular weight is 613 g/mol. The Morgan fingerprint density at radius 1 is 0.354 bits per heavy atom. The topological polar surface area (TPSA) is 35.6 Å². The van der Waals surface area contributed by atoms with E-state index in [9.17, 15) is 0 Å². The van der Waals surface area contributed by atoms with Crippen molar-refractivity contribution in [2.24, 2.45) is 0 Å². The molecule has 4 heteroatoms. The molecular weight excluding hydrogens is 585 g/mol. The lowest BCUT2D eigenvalue weighted by atomic mass is 10.0. The minimum Gasteiger partial charge on any atom is -0.309 e. The summed E-state index contributed by atoms with van der Waals surface area (Å²) in [5.74, 6) is 0.647. The van der Waals surface area contributed by atoms with Crippen molar-refractivity contribution >= 4 is 54.4 Å². The van der Waals surface area contributed by atoms with Crippen molar-refractivity contribution in [3.63, 3.8) is 0 Å². The molecule has 0 saturated heterocycles. The first-order valence-corrected chi connectivity index (χ1v) is 16.3. The van der Waals surface area contributed by atoms with Gasteiger partial charge in [-0.1, -0.05) is 133 Å². The lowest BCUT2D eigenvalue weighted by Crippen LogP contribution is -2.04. The van der Waals surface area contributed by atoms with E-state index < -0.39 is 0 Å². The third-order valence-corrected chi connectivity index (χ3v) is 9.51. The van der Waals surface area contributed by atoms with Gasteiger partial charge < -0.3 is 4.57 Å². The third-order valence-electron chi connectivity index (χ3n) is 9.51. The van der Waals surface area contributed by atoms with Crippen LogP contribution in [0.1, 0.15) is 0 Å². The highest BCUT2D eigenvalue weighted by molar-refractivity contribution is 6.23. The second kappa shape index (κ2) is 10.5. The van der Waals surface area contributed by atoms with Gasteiger partial charge in [-0.15, -0.1) is 0 Å². The van der Waals surface area contributed by atoms with E-state index in [4.69, 9.17) is 9.97 Å². The van der Waals surface area contributed by atoms with Crippen molar-refractivity contribution in [2.75, 3.05) is 0 Å². The number of fused-ring (bicyclic) bond motifs is 8. The van der Waals surface area contributed by atoms with E-state index in [1.807, 2.05) is 12.1 Å². The van der Waals surface area contributed by atoms with Gasteiger partial charge in [-0.3, -0.25) is 4.57 Å². The number of hydrogen-bond acceptors (Lipinski definition) is 2. The van der Waals surface area contributed by atoms with E-state index in [0.29, 0.717) is 5.95 Å². The lowest BCUT2D eigenvalue weighted by Gasteiger charge is -2.12. The van der Waals surface area contributed by atoms with Gasteiger partial charge in [0, 0.05) is 43.7 Å². The Balaban J connectivity index is 1.35. The van der Waals surface area contributed by atoms with Crippen LogP contribution in [0.25, 0.3) is 88.5 Å². The van der Waals surface area contributed by atoms with Crippen molar-refractivity contribution in [3.8, 4) is 34.2 Å². The van der Waals surface area contributed by atoms with Crippen LogP contribution in [0.5, 0.6) is 0 Å². The summed E-state index contributed by atoms with van der Waals surface area (Å²) in [4.78, 5) is 10.5. The molecule has 4 nitrogen and oxygen atoms in total. The maximum atomic E-state index is 5.26. The number of para-hydroxylation sites is 2. The molecule has 10 rings (SSSR count). The van der Waals surface area contributed by atoms with Gasteiger partial charge >= 0.3 is 0 Å². The fraction of sp³-hybridized carbons (Fsp3) is 0. The van der Waals surface area contributed by atoms with E-state index in [2.05, 4.69) is 167 Å². The molecular formula is C44H28N4. The minimum atomic E-state index is 0.647. The Morgan fingerprint density at radius 2 is 0.917 bits per heavy atom. The van der Waals surface area contributed by atoms with Crippen molar-refractivity contribution in [1.82, 2.24) is 19.1 Å². The maximum Gasteiger partial charge on any atom is 0.235 e. The molecule has 0 aliphatic carbocycles. The Morgan fingerprint density at radius 3 is 1.62 bits per heavy atom. The second-order valence-electron chi connectivity index (χ2n) is 12.3. The molecule has 0 aliphatic heterocycles. The molecule has 0 bridgehead atoms. The van der Waals surface area contributed by atoms with E-state index in [-0.39, 0.29) is 0 Å². The van der Waals surface area contributed by atoms with E-state index >= 15 is 0 Å². The van der Waals surface area contributed by atoms with Crippen LogP contribution >= 0.6 is 0 Å². The van der Waals surface area contributed by atoms with E-state index in [1.54, 1.807) is 0 Å². The largest absolute Gasteiger partial charge is 0.309 e. The standard InChI is InChI=1S/C44H28N4/c1-4-15-30(16-5-1)38-27-39(31-17-6-2-7-18-31)46-44(45-38)48-40-23-13-12-22-34(40)36-26-37-35-25-24-29-14-10-11-21-33(29)43(35)47(41(37)28-42(36)48)32-19-8-3-9-20-32/h1-28H. The molecule has 0 N–H and O–H groups in total. The molecule has 0 amide bonds. The van der Waals surface area contributed by atoms with E-state index in [0.717, 1.165) is 44.8 Å². The first-order chi connectivity index (χ1) is 23.8. The molecule has 0 fully saturated rings. The van der Waals surface area contributed by atoms with Gasteiger partial charge in [0.05, 0.1) is 33.5 Å². The molecule has 0 spiro atoms. The van der Waals surface area contributed by atoms with Crippen LogP contribution in [-0.4, -0.2) is 19.1 Å². The first kappa shape index (κ1) is 26.7. The summed E-state index contributed by atoms with van der Waals surface area (Å²) >= 11 is 0. The minimum absolute atomic E-state index is 0.647. The highest BCUT2D eigenvalue weighted by Crippen LogP contribution is 2.41. The molecule has 48 heavy (non-hydrogen) atoms. The SMILES string of the molecule is c1ccc(-c2cc(-c3ccccc3)nc(-n3c4ccccc4c4cc5c6ccc7ccccc7c6n(-c6ccccc6)c5cc43)n2)cc1. The Bertz CT molecular complexity index is 2760. The van der Waals surface area contributed by atoms with Gasteiger partial charge in [0.15, 0.2) is 0 Å². The number of benzene rings is 7. The zero-order valence-corrected chi connectivity index (χ0v) is 26.0. The van der Waals surface area contributed by atoms with Crippen molar-refractivity contribution in [2.45, 2.75) is 0 Å². The van der Waals surface area contributed by atoms with Gasteiger partial charge in [0.1, 0.15) is 0 Å². The normalized spacial score (nSPS) is 11.8. The summed E-state index contributed by atoms with van der Waals surface area (Å²) in [7, 11) is 0. The zero-order valence-electron chi connectivity index (χ0n) is 26.0. The molecule has 0 atom stereocenters. The smallest absolute Gasteiger partial charge is 0.235 e. The van der Waals surface area contributed by atoms with Gasteiger partial charge in [-0.2, -0.15) is 0 Å². The third kappa shape index (κ3) is 4.03. The van der Waals surface area contributed by atoms with Crippen molar-refractivity contribution < 1.29 is 0 Å². The summed E-state index contributed by atoms with van der Waals surface area (Å²) < 4.78 is 4.67. The van der Waals surface area contributed by atoms with E-state index in [1.165, 1.54) is 37.8 Å². The second-order valence-corrected chi connectivity index (χ2v) is 12.3. The van der Waals surface area contributed by atoms with Gasteiger partial charge in [0.25, 0.3) is 0 Å². The highest BCUT2D eigenvalue weighted by Gasteiger charge is 2.21. The maximum absolute atomic E-state index is 5.26. The van der Waals surface area contributed by atoms with Crippen LogP contribution in [0.15, 0.2) is 170 Å². The van der Waals surface area contributed by atoms with Crippen molar-refractivity contribution in [3.05, 3.63) is 170 Å². The molecule has 10 aromatic rings. The first-order valence-electron chi connectivity index (χ1n) is 16.3. The summed E-state index contributed by atoms with van der Waals surface area (Å²) in [6.07, 6.45) is 0. The molecule has 224 valence electrons. The van der Waals surface area contributed by atoms with Crippen LogP contribution in [0.2, 0.25) is 0 Å². The lowest BCUT2D eigenvalue weighted by molar-refractivity contribution is 0.995. The average Bonchev–Trinajstić information content (AvgIpc) is 3.67. The molecule has 7 aromatic carbocycles. The number of hydrogen-bond donors (Lipinski definition) is 0. The summed E-state index contributed by atoms with van der Waals surface area (Å²) in [5.41, 5.74) is 9.51. The van der Waals surface area contributed by atoms with Gasteiger partial charge in [-0.05, 0) is 41.8 Å². The predicted octanol–water partition coefficient (Wildman–Crippen LogP) is 11.2. The Labute approximate surface area is 276 Å². The number of aromatic nitrogens is 4. The molecule has 3 aromatic heterocycles. The van der Waals surface area contributed by atoms with Crippen LogP contribution in [0.3, 0.4) is 0 Å².